The Morgan fingerprint density at radius 1 is 0.403 bits per heavy atom. The van der Waals surface area contributed by atoms with Gasteiger partial charge in [0.1, 0.15) is 11.2 Å². The van der Waals surface area contributed by atoms with E-state index in [2.05, 4.69) is 230 Å². The molecule has 296 valence electrons. The van der Waals surface area contributed by atoms with E-state index < -0.39 is 0 Å². The normalized spacial score (nSPS) is 13.5. The molecule has 2 heterocycles. The number of furan rings is 1. The molecule has 1 aliphatic heterocycles. The Morgan fingerprint density at radius 3 is 1.74 bits per heavy atom. The molecule has 4 heteroatoms. The summed E-state index contributed by atoms with van der Waals surface area (Å²) in [5.74, 6) is 0. The van der Waals surface area contributed by atoms with Crippen LogP contribution in [0.5, 0.6) is 0 Å². The SMILES string of the molecule is CN1c2ccccc2N(c2ccccc2)c2ccc(-c3ccc(N(c4ccc(-c5ccc6oc7ccccc7c6c5)cc4)c4ccc5c(c4)C(C)(C)c4ccccc4-5)cc3)cc21. The molecule has 0 bridgehead atoms. The minimum Gasteiger partial charge on any atom is -0.456 e. The van der Waals surface area contributed by atoms with Gasteiger partial charge in [0.25, 0.3) is 0 Å². The van der Waals surface area contributed by atoms with Crippen molar-refractivity contribution in [2.45, 2.75) is 19.3 Å². The lowest BCUT2D eigenvalue weighted by molar-refractivity contribution is 0.660. The van der Waals surface area contributed by atoms with Gasteiger partial charge in [-0.05, 0) is 136 Å². The van der Waals surface area contributed by atoms with Crippen molar-refractivity contribution in [3.05, 3.63) is 217 Å². The summed E-state index contributed by atoms with van der Waals surface area (Å²) in [6, 6.07) is 74.8. The van der Waals surface area contributed by atoms with Crippen molar-refractivity contribution in [1.29, 1.82) is 0 Å². The highest BCUT2D eigenvalue weighted by molar-refractivity contribution is 6.06. The third kappa shape index (κ3) is 5.60. The lowest BCUT2D eigenvalue weighted by Gasteiger charge is -2.38. The van der Waals surface area contributed by atoms with Gasteiger partial charge in [-0.15, -0.1) is 0 Å². The number of anilines is 8. The summed E-state index contributed by atoms with van der Waals surface area (Å²) in [6.45, 7) is 4.70. The van der Waals surface area contributed by atoms with Crippen LogP contribution in [0.15, 0.2) is 211 Å². The fourth-order valence-corrected chi connectivity index (χ4v) is 10.0. The van der Waals surface area contributed by atoms with Crippen LogP contribution in [0.2, 0.25) is 0 Å². The molecule has 1 aliphatic carbocycles. The van der Waals surface area contributed by atoms with Crippen LogP contribution in [-0.2, 0) is 5.41 Å². The predicted octanol–water partition coefficient (Wildman–Crippen LogP) is 16.2. The highest BCUT2D eigenvalue weighted by Gasteiger charge is 2.36. The maximum absolute atomic E-state index is 6.15. The lowest BCUT2D eigenvalue weighted by Crippen LogP contribution is -2.24. The van der Waals surface area contributed by atoms with Gasteiger partial charge in [-0.1, -0.05) is 129 Å². The summed E-state index contributed by atoms with van der Waals surface area (Å²) >= 11 is 0. The van der Waals surface area contributed by atoms with Crippen molar-refractivity contribution >= 4 is 67.4 Å². The molecule has 12 rings (SSSR count). The van der Waals surface area contributed by atoms with Crippen molar-refractivity contribution < 1.29 is 4.42 Å². The van der Waals surface area contributed by atoms with E-state index in [9.17, 15) is 0 Å². The van der Waals surface area contributed by atoms with Crippen LogP contribution in [0, 0.1) is 0 Å². The van der Waals surface area contributed by atoms with E-state index in [0.717, 1.165) is 72.8 Å². The molecule has 0 amide bonds. The van der Waals surface area contributed by atoms with Crippen LogP contribution in [0.25, 0.3) is 55.3 Å². The Bertz CT molecular complexity index is 3350. The number of benzene rings is 9. The van der Waals surface area contributed by atoms with E-state index in [1.54, 1.807) is 0 Å². The second-order valence-electron chi connectivity index (χ2n) is 17.1. The van der Waals surface area contributed by atoms with Gasteiger partial charge in [-0.3, -0.25) is 0 Å². The van der Waals surface area contributed by atoms with Gasteiger partial charge in [0, 0.05) is 46.0 Å². The average molecular weight is 798 g/mol. The van der Waals surface area contributed by atoms with E-state index in [4.69, 9.17) is 4.42 Å². The van der Waals surface area contributed by atoms with Crippen LogP contribution < -0.4 is 14.7 Å². The Labute approximate surface area is 362 Å². The van der Waals surface area contributed by atoms with Crippen molar-refractivity contribution in [3.63, 3.8) is 0 Å². The fraction of sp³-hybridized carbons (Fsp3) is 0.0690. The highest BCUT2D eigenvalue weighted by atomic mass is 16.3. The van der Waals surface area contributed by atoms with Gasteiger partial charge >= 0.3 is 0 Å². The third-order valence-electron chi connectivity index (χ3n) is 13.2. The fourth-order valence-electron chi connectivity index (χ4n) is 10.0. The molecular formula is C58H43N3O. The van der Waals surface area contributed by atoms with Gasteiger partial charge in [-0.2, -0.15) is 0 Å². The van der Waals surface area contributed by atoms with Crippen molar-refractivity contribution in [1.82, 2.24) is 0 Å². The Balaban J connectivity index is 0.935. The molecule has 4 nitrogen and oxygen atoms in total. The molecule has 0 saturated heterocycles. The largest absolute Gasteiger partial charge is 0.456 e. The number of hydrogen-bond donors (Lipinski definition) is 0. The van der Waals surface area contributed by atoms with Gasteiger partial charge in [0.2, 0.25) is 0 Å². The van der Waals surface area contributed by atoms with Gasteiger partial charge in [0.15, 0.2) is 0 Å². The molecule has 0 fully saturated rings. The summed E-state index contributed by atoms with van der Waals surface area (Å²) in [4.78, 5) is 7.08. The summed E-state index contributed by atoms with van der Waals surface area (Å²) < 4.78 is 6.15. The lowest BCUT2D eigenvalue weighted by atomic mass is 9.82. The zero-order valence-corrected chi connectivity index (χ0v) is 34.9. The number of para-hydroxylation sites is 4. The maximum atomic E-state index is 6.15. The van der Waals surface area contributed by atoms with E-state index in [1.165, 1.54) is 39.2 Å². The molecule has 0 N–H and O–H groups in total. The molecule has 0 spiro atoms. The quantitative estimate of drug-likeness (QED) is 0.167. The Kier molecular flexibility index (Phi) is 8.07. The number of rotatable bonds is 6. The smallest absolute Gasteiger partial charge is 0.135 e. The molecule has 1 aromatic heterocycles. The topological polar surface area (TPSA) is 22.9 Å². The maximum Gasteiger partial charge on any atom is 0.135 e. The van der Waals surface area contributed by atoms with Gasteiger partial charge in [0.05, 0.1) is 22.7 Å². The van der Waals surface area contributed by atoms with Crippen LogP contribution >= 0.6 is 0 Å². The van der Waals surface area contributed by atoms with E-state index in [1.807, 2.05) is 12.1 Å². The monoisotopic (exact) mass is 797 g/mol. The zero-order chi connectivity index (χ0) is 41.5. The Morgan fingerprint density at radius 2 is 0.968 bits per heavy atom. The predicted molar refractivity (Wildman–Crippen MR) is 260 cm³/mol. The molecule has 10 aromatic rings. The van der Waals surface area contributed by atoms with Crippen molar-refractivity contribution in [2.24, 2.45) is 0 Å². The first kappa shape index (κ1) is 36.1. The second kappa shape index (κ2) is 13.9. The number of fused-ring (bicyclic) bond motifs is 8. The van der Waals surface area contributed by atoms with Crippen LogP contribution in [0.3, 0.4) is 0 Å². The molecule has 0 radical (unpaired) electrons. The molecule has 62 heavy (non-hydrogen) atoms. The minimum absolute atomic E-state index is 0.118. The first-order valence-electron chi connectivity index (χ1n) is 21.4. The first-order chi connectivity index (χ1) is 30.4. The molecule has 2 aliphatic rings. The van der Waals surface area contributed by atoms with E-state index in [-0.39, 0.29) is 5.41 Å². The van der Waals surface area contributed by atoms with Crippen molar-refractivity contribution in [3.8, 4) is 33.4 Å². The molecule has 9 aromatic carbocycles. The van der Waals surface area contributed by atoms with E-state index in [0.29, 0.717) is 0 Å². The molecule has 0 saturated carbocycles. The number of nitrogens with zero attached hydrogens (tertiary/aromatic N) is 3. The average Bonchev–Trinajstić information content (AvgIpc) is 3.81. The van der Waals surface area contributed by atoms with Crippen molar-refractivity contribution in [2.75, 3.05) is 21.7 Å². The molecule has 0 atom stereocenters. The molecule has 0 unspecified atom stereocenters. The first-order valence-corrected chi connectivity index (χ1v) is 21.4. The Hall–Kier alpha value is -7.82. The summed E-state index contributed by atoms with van der Waals surface area (Å²) in [5.41, 5.74) is 20.9. The number of hydrogen-bond acceptors (Lipinski definition) is 4. The summed E-state index contributed by atoms with van der Waals surface area (Å²) in [6.07, 6.45) is 0. The third-order valence-corrected chi connectivity index (χ3v) is 13.2. The second-order valence-corrected chi connectivity index (χ2v) is 17.1. The standard InChI is InChI=1S/C58H43N3O/c1-58(2)50-17-9-7-15-46(50)47-32-31-45(37-51(47)58)60(43-27-21-38(22-28-43)40-26-34-57-49(35-40)48-16-8-12-20-56(48)62-57)44-29-23-39(24-30-44)41-25-33-54-55(36-41)59(3)52-18-10-11-19-53(52)61(54)42-13-5-4-6-14-42/h4-37H,1-3H3. The van der Waals surface area contributed by atoms with Gasteiger partial charge < -0.3 is 19.1 Å². The molecular weight excluding hydrogens is 755 g/mol. The minimum atomic E-state index is -0.118. The van der Waals surface area contributed by atoms with Gasteiger partial charge in [-0.25, -0.2) is 0 Å². The van der Waals surface area contributed by atoms with Crippen LogP contribution in [0.1, 0.15) is 25.0 Å². The summed E-state index contributed by atoms with van der Waals surface area (Å²) in [5, 5.41) is 2.27. The van der Waals surface area contributed by atoms with E-state index >= 15 is 0 Å². The summed E-state index contributed by atoms with van der Waals surface area (Å²) in [7, 11) is 2.17. The highest BCUT2D eigenvalue weighted by Crippen LogP contribution is 2.53. The zero-order valence-electron chi connectivity index (χ0n) is 34.9. The van der Waals surface area contributed by atoms with Crippen LogP contribution in [0.4, 0.5) is 45.5 Å². The van der Waals surface area contributed by atoms with Crippen LogP contribution in [-0.4, -0.2) is 7.05 Å².